The van der Waals surface area contributed by atoms with Crippen molar-refractivity contribution in [1.82, 2.24) is 0 Å². The Kier molecular flexibility index (Phi) is 7.53. The molecule has 122 valence electrons. The molecule has 0 heterocycles. The van der Waals surface area contributed by atoms with E-state index in [0.29, 0.717) is 0 Å². The van der Waals surface area contributed by atoms with Crippen molar-refractivity contribution in [1.29, 1.82) is 0 Å². The lowest BCUT2D eigenvalue weighted by Crippen LogP contribution is -2.42. The Morgan fingerprint density at radius 1 is 0.905 bits per heavy atom. The van der Waals surface area contributed by atoms with Crippen LogP contribution in [0.25, 0.3) is 0 Å². The number of alkyl halides is 1. The molecule has 0 fully saturated rings. The summed E-state index contributed by atoms with van der Waals surface area (Å²) in [5.74, 6) is -0.307. The predicted octanol–water partition coefficient (Wildman–Crippen LogP) is 2.75. The van der Waals surface area contributed by atoms with Gasteiger partial charge in [-0.1, -0.05) is 44.2 Å². The maximum atomic E-state index is 11.7. The largest absolute Gasteiger partial charge is 0.246 e. The zero-order valence-corrected chi connectivity index (χ0v) is 14.5. The summed E-state index contributed by atoms with van der Waals surface area (Å²) in [6.07, 6.45) is 0. The Morgan fingerprint density at radius 3 is 1.52 bits per heavy atom. The number of sulfone groups is 2. The van der Waals surface area contributed by atoms with Crippen LogP contribution in [0, 0.1) is 0 Å². The second kappa shape index (κ2) is 7.89. The molecule has 0 bridgehead atoms. The van der Waals surface area contributed by atoms with Gasteiger partial charge in [-0.3, -0.25) is 0 Å². The average molecular weight is 338 g/mol. The maximum Gasteiger partial charge on any atom is 0.169 e. The normalized spacial score (nSPS) is 12.4. The van der Waals surface area contributed by atoms with Crippen molar-refractivity contribution in [2.75, 3.05) is 11.5 Å². The van der Waals surface area contributed by atoms with E-state index >= 15 is 0 Å². The number of hydrogen-bond donors (Lipinski definition) is 0. The van der Waals surface area contributed by atoms with Crippen LogP contribution in [0.2, 0.25) is 0 Å². The van der Waals surface area contributed by atoms with Crippen LogP contribution in [0.4, 0.5) is 4.39 Å². The number of halogens is 1. The van der Waals surface area contributed by atoms with Gasteiger partial charge in [-0.05, 0) is 19.4 Å². The van der Waals surface area contributed by atoms with Crippen molar-refractivity contribution >= 4 is 19.7 Å². The number of rotatable bonds is 5. The summed E-state index contributed by atoms with van der Waals surface area (Å²) < 4.78 is 55.9. The molecule has 7 heteroatoms. The fourth-order valence-electron chi connectivity index (χ4n) is 1.46. The molecular weight excluding hydrogens is 315 g/mol. The van der Waals surface area contributed by atoms with Gasteiger partial charge in [-0.25, -0.2) is 21.2 Å². The van der Waals surface area contributed by atoms with Crippen molar-refractivity contribution in [3.8, 4) is 0 Å². The van der Waals surface area contributed by atoms with E-state index in [1.807, 2.05) is 18.2 Å². The quantitative estimate of drug-likeness (QED) is 0.828. The van der Waals surface area contributed by atoms with Crippen LogP contribution >= 0.6 is 0 Å². The molecule has 0 saturated carbocycles. The van der Waals surface area contributed by atoms with E-state index in [4.69, 9.17) is 0 Å². The van der Waals surface area contributed by atoms with Crippen molar-refractivity contribution < 1.29 is 21.2 Å². The topological polar surface area (TPSA) is 68.3 Å². The van der Waals surface area contributed by atoms with Crippen LogP contribution in [0.1, 0.15) is 33.3 Å². The molecule has 0 unspecified atom stereocenters. The zero-order chi connectivity index (χ0) is 16.7. The minimum Gasteiger partial charge on any atom is -0.246 e. The Labute approximate surface area is 127 Å². The maximum absolute atomic E-state index is 11.7. The summed E-state index contributed by atoms with van der Waals surface area (Å²) in [6, 6.07) is 9.06. The van der Waals surface area contributed by atoms with E-state index in [0.717, 1.165) is 5.56 Å². The van der Waals surface area contributed by atoms with Gasteiger partial charge < -0.3 is 0 Å². The van der Waals surface area contributed by atoms with E-state index in [9.17, 15) is 21.2 Å². The molecule has 1 aromatic carbocycles. The molecule has 0 aromatic heterocycles. The molecular formula is C14H23FO4S2. The molecule has 1 aromatic rings. The van der Waals surface area contributed by atoms with Crippen LogP contribution in [0.5, 0.6) is 0 Å². The van der Waals surface area contributed by atoms with Crippen LogP contribution < -0.4 is 0 Å². The molecule has 0 aliphatic heterocycles. The third-order valence-electron chi connectivity index (χ3n) is 3.26. The Bertz CT molecular complexity index is 584. The fourth-order valence-corrected chi connectivity index (χ4v) is 5.10. The second-order valence-corrected chi connectivity index (χ2v) is 10.7. The van der Waals surface area contributed by atoms with Gasteiger partial charge >= 0.3 is 0 Å². The summed E-state index contributed by atoms with van der Waals surface area (Å²) in [4.78, 5) is 0. The van der Waals surface area contributed by atoms with Crippen LogP contribution in [0.15, 0.2) is 30.3 Å². The van der Waals surface area contributed by atoms with E-state index in [1.165, 1.54) is 27.7 Å². The van der Waals surface area contributed by atoms with E-state index in [-0.39, 0.29) is 18.2 Å². The van der Waals surface area contributed by atoms with E-state index < -0.39 is 23.8 Å². The van der Waals surface area contributed by atoms with E-state index in [2.05, 4.69) is 0 Å². The van der Waals surface area contributed by atoms with Gasteiger partial charge in [0.15, 0.2) is 23.8 Å². The Balaban J connectivity index is 0.000000423. The highest BCUT2D eigenvalue weighted by atomic mass is 32.3. The summed E-state index contributed by atoms with van der Waals surface area (Å²) in [5, 5.41) is 0. The fraction of sp³-hybridized carbons (Fsp3) is 0.571. The molecule has 0 saturated heterocycles. The molecule has 1 rings (SSSR count). The first-order valence-electron chi connectivity index (χ1n) is 6.60. The first-order valence-corrected chi connectivity index (χ1v) is 9.90. The smallest absolute Gasteiger partial charge is 0.169 e. The third kappa shape index (κ3) is 5.07. The third-order valence-corrected chi connectivity index (χ3v) is 9.29. The lowest BCUT2D eigenvalue weighted by molar-refractivity contribution is 0.485. The average Bonchev–Trinajstić information content (AvgIpc) is 2.48. The van der Waals surface area contributed by atoms with Gasteiger partial charge in [0.1, 0.15) is 6.67 Å². The van der Waals surface area contributed by atoms with Gasteiger partial charge in [0.2, 0.25) is 0 Å². The minimum absolute atomic E-state index is 0.154. The van der Waals surface area contributed by atoms with Crippen molar-refractivity contribution in [2.24, 2.45) is 0 Å². The summed E-state index contributed by atoms with van der Waals surface area (Å²) in [6.45, 7) is 5.01. The molecule has 0 spiro atoms. The molecule has 0 aliphatic carbocycles. The van der Waals surface area contributed by atoms with Crippen molar-refractivity contribution in [3.05, 3.63) is 35.9 Å². The van der Waals surface area contributed by atoms with Gasteiger partial charge in [-0.15, -0.1) is 0 Å². The lowest BCUT2D eigenvalue weighted by atomic mass is 10.2. The zero-order valence-electron chi connectivity index (χ0n) is 12.8. The van der Waals surface area contributed by atoms with Crippen LogP contribution in [-0.2, 0) is 26.3 Å². The molecule has 0 radical (unpaired) electrons. The monoisotopic (exact) mass is 338 g/mol. The molecule has 4 nitrogen and oxygen atoms in total. The van der Waals surface area contributed by atoms with Crippen molar-refractivity contribution in [2.45, 2.75) is 38.4 Å². The van der Waals surface area contributed by atoms with Crippen LogP contribution in [-0.4, -0.2) is 32.4 Å². The number of hydrogen-bond acceptors (Lipinski definition) is 4. The molecule has 21 heavy (non-hydrogen) atoms. The number of benzene rings is 1. The van der Waals surface area contributed by atoms with Gasteiger partial charge in [0.25, 0.3) is 0 Å². The van der Waals surface area contributed by atoms with Gasteiger partial charge in [0, 0.05) is 11.5 Å². The standard InChI is InChI=1S/C7H7F.C7H16O4S2/c8-6-7-4-2-1-3-5-7;1-5-12(8,9)7(3,4)13(10,11)6-2/h1-5H,6H2;5-6H2,1-4H3. The Morgan fingerprint density at radius 2 is 1.29 bits per heavy atom. The lowest BCUT2D eigenvalue weighted by Gasteiger charge is -2.23. The van der Waals surface area contributed by atoms with Gasteiger partial charge in [0.05, 0.1) is 0 Å². The minimum atomic E-state index is -3.56. The Hall–Kier alpha value is -0.950. The van der Waals surface area contributed by atoms with Gasteiger partial charge in [-0.2, -0.15) is 0 Å². The highest BCUT2D eigenvalue weighted by Crippen LogP contribution is 2.24. The molecule has 0 N–H and O–H groups in total. The highest BCUT2D eigenvalue weighted by Gasteiger charge is 2.44. The van der Waals surface area contributed by atoms with Crippen molar-refractivity contribution in [3.63, 3.8) is 0 Å². The second-order valence-electron chi connectivity index (χ2n) is 4.83. The van der Waals surface area contributed by atoms with E-state index in [1.54, 1.807) is 12.1 Å². The molecule has 0 atom stereocenters. The highest BCUT2D eigenvalue weighted by molar-refractivity contribution is 8.10. The molecule has 0 amide bonds. The summed E-state index contributed by atoms with van der Waals surface area (Å²) in [7, 11) is -7.11. The summed E-state index contributed by atoms with van der Waals surface area (Å²) in [5.41, 5.74) is 0.743. The van der Waals surface area contributed by atoms with Crippen LogP contribution in [0.3, 0.4) is 0 Å². The summed E-state index contributed by atoms with van der Waals surface area (Å²) >= 11 is 0. The SMILES string of the molecule is CCS(=O)(=O)C(C)(C)S(=O)(=O)CC.FCc1ccccc1. The first-order chi connectivity index (χ1) is 9.55. The predicted molar refractivity (Wildman–Crippen MR) is 84.3 cm³/mol. The first kappa shape index (κ1) is 20.1. The molecule has 0 aliphatic rings.